The maximum absolute atomic E-state index is 14.4. The van der Waals surface area contributed by atoms with Crippen molar-refractivity contribution in [2.24, 2.45) is 12.5 Å². The molecule has 1 saturated carbocycles. The highest BCUT2D eigenvalue weighted by Crippen LogP contribution is 2.55. The first-order valence-electron chi connectivity index (χ1n) is 16.8. The number of fused-ring (bicyclic) bond motifs is 2. The van der Waals surface area contributed by atoms with Crippen molar-refractivity contribution in [3.63, 3.8) is 0 Å². The minimum atomic E-state index is -0.412. The monoisotopic (exact) mass is 675 g/mol. The molecular weight excluding hydrogens is 634 g/mol. The number of aryl methyl sites for hydroxylation is 1. The standard InChI is InChI=1S/C38H41N7O5/c1-37(2,3)25-7-8-27-24(16-25)17-26-19-38(26,4)22-45(35(27)48)33-29(21-46)28(10-11-39-33)30-18-31(36(49)43(5)42-30)41-32-9-6-23(20-40-32)34(47)44-12-14-50-15-13-44/h6-11,16-18,20,46H,12-15,19,21-22H2,1-5H3,(H,40,41)/b26-17+. The second kappa shape index (κ2) is 12.6. The number of amides is 2. The Bertz CT molecular complexity index is 2090. The molecule has 2 fully saturated rings. The van der Waals surface area contributed by atoms with E-state index >= 15 is 0 Å². The van der Waals surface area contributed by atoms with Crippen LogP contribution in [0.25, 0.3) is 17.3 Å². The SMILES string of the molecule is Cn1nc(-c2ccnc(N3CC4(C)C/C4=C\c4cc(C(C)(C)C)ccc4C3=O)c2CO)cc(Nc2ccc(C(=O)N3CCOCC3)cn2)c1=O. The van der Waals surface area contributed by atoms with E-state index in [1.54, 1.807) is 47.3 Å². The maximum Gasteiger partial charge on any atom is 0.290 e. The Hall–Kier alpha value is -5.20. The van der Waals surface area contributed by atoms with Gasteiger partial charge in [-0.1, -0.05) is 51.5 Å². The van der Waals surface area contributed by atoms with Gasteiger partial charge >= 0.3 is 0 Å². The lowest BCUT2D eigenvalue weighted by Crippen LogP contribution is -2.40. The molecule has 50 heavy (non-hydrogen) atoms. The van der Waals surface area contributed by atoms with Crippen LogP contribution < -0.4 is 15.8 Å². The molecule has 3 aliphatic rings. The number of carbonyl (C=O) groups is 2. The normalized spacial score (nSPS) is 19.9. The Morgan fingerprint density at radius 1 is 1.04 bits per heavy atom. The van der Waals surface area contributed by atoms with Crippen molar-refractivity contribution in [3.05, 3.63) is 98.6 Å². The Kier molecular flexibility index (Phi) is 8.39. The molecule has 0 bridgehead atoms. The number of ether oxygens (including phenoxy) is 1. The van der Waals surface area contributed by atoms with Crippen LogP contribution in [0.3, 0.4) is 0 Å². The van der Waals surface area contributed by atoms with Gasteiger partial charge in [0.15, 0.2) is 0 Å². The van der Waals surface area contributed by atoms with Gasteiger partial charge in [-0.15, -0.1) is 0 Å². The first kappa shape index (κ1) is 33.3. The van der Waals surface area contributed by atoms with Crippen molar-refractivity contribution in [2.75, 3.05) is 43.1 Å². The van der Waals surface area contributed by atoms with Gasteiger partial charge < -0.3 is 20.1 Å². The molecule has 12 nitrogen and oxygen atoms in total. The van der Waals surface area contributed by atoms with Gasteiger partial charge in [-0.05, 0) is 53.3 Å². The Morgan fingerprint density at radius 3 is 2.52 bits per heavy atom. The number of morpholine rings is 1. The molecule has 0 spiro atoms. The molecular formula is C38H41N7O5. The Labute approximate surface area is 290 Å². The molecule has 1 saturated heterocycles. The van der Waals surface area contributed by atoms with Crippen LogP contribution in [0.5, 0.6) is 0 Å². The average Bonchev–Trinajstić information content (AvgIpc) is 3.74. The number of aliphatic hydroxyl groups is 1. The van der Waals surface area contributed by atoms with E-state index in [1.807, 2.05) is 12.1 Å². The number of benzene rings is 1. The molecule has 7 rings (SSSR count). The summed E-state index contributed by atoms with van der Waals surface area (Å²) in [6.45, 7) is 10.6. The lowest BCUT2D eigenvalue weighted by atomic mass is 9.84. The van der Waals surface area contributed by atoms with E-state index in [4.69, 9.17) is 4.74 Å². The second-order valence-corrected chi connectivity index (χ2v) is 14.5. The highest BCUT2D eigenvalue weighted by Gasteiger charge is 2.48. The summed E-state index contributed by atoms with van der Waals surface area (Å²) in [6, 6.07) is 12.6. The molecule has 12 heteroatoms. The number of hydrogen-bond acceptors (Lipinski definition) is 9. The van der Waals surface area contributed by atoms with E-state index in [2.05, 4.69) is 60.2 Å². The number of aromatic nitrogens is 4. The molecule has 2 amide bonds. The number of nitrogens with zero attached hydrogens (tertiary/aromatic N) is 6. The van der Waals surface area contributed by atoms with Gasteiger partial charge in [-0.25, -0.2) is 14.6 Å². The fraction of sp³-hybridized carbons (Fsp3) is 0.368. The van der Waals surface area contributed by atoms with Gasteiger partial charge in [0, 0.05) is 61.2 Å². The molecule has 1 unspecified atom stereocenters. The number of rotatable bonds is 6. The highest BCUT2D eigenvalue weighted by atomic mass is 16.5. The van der Waals surface area contributed by atoms with Gasteiger partial charge in [-0.2, -0.15) is 5.10 Å². The van der Waals surface area contributed by atoms with Gasteiger partial charge in [-0.3, -0.25) is 19.3 Å². The van der Waals surface area contributed by atoms with Crippen LogP contribution in [-0.2, 0) is 23.8 Å². The van der Waals surface area contributed by atoms with Crippen molar-refractivity contribution in [1.82, 2.24) is 24.6 Å². The molecule has 2 N–H and O–H groups in total. The summed E-state index contributed by atoms with van der Waals surface area (Å²) in [6.07, 6.45) is 6.09. The van der Waals surface area contributed by atoms with Crippen LogP contribution in [0.2, 0.25) is 0 Å². The topological polar surface area (TPSA) is 143 Å². The molecule has 258 valence electrons. The molecule has 1 aliphatic carbocycles. The van der Waals surface area contributed by atoms with E-state index in [0.717, 1.165) is 17.5 Å². The molecule has 3 aromatic heterocycles. The molecule has 1 atom stereocenters. The zero-order valence-electron chi connectivity index (χ0n) is 29.0. The number of hydrogen-bond donors (Lipinski definition) is 2. The predicted octanol–water partition coefficient (Wildman–Crippen LogP) is 4.70. The van der Waals surface area contributed by atoms with E-state index in [-0.39, 0.29) is 28.3 Å². The zero-order valence-corrected chi connectivity index (χ0v) is 29.0. The summed E-state index contributed by atoms with van der Waals surface area (Å²) < 4.78 is 6.55. The van der Waals surface area contributed by atoms with Crippen molar-refractivity contribution >= 4 is 35.2 Å². The number of pyridine rings is 2. The molecule has 1 aromatic carbocycles. The molecule has 2 aliphatic heterocycles. The quantitative estimate of drug-likeness (QED) is 0.298. The van der Waals surface area contributed by atoms with E-state index < -0.39 is 12.2 Å². The van der Waals surface area contributed by atoms with Crippen molar-refractivity contribution in [3.8, 4) is 11.3 Å². The zero-order chi connectivity index (χ0) is 35.4. The summed E-state index contributed by atoms with van der Waals surface area (Å²) in [4.78, 5) is 52.9. The van der Waals surface area contributed by atoms with Crippen LogP contribution in [0, 0.1) is 5.41 Å². The predicted molar refractivity (Wildman–Crippen MR) is 190 cm³/mol. The first-order valence-corrected chi connectivity index (χ1v) is 16.8. The molecule has 5 heterocycles. The van der Waals surface area contributed by atoms with Crippen LogP contribution >= 0.6 is 0 Å². The number of aliphatic hydroxyl groups excluding tert-OH is 1. The molecule has 4 aromatic rings. The third-order valence-corrected chi connectivity index (χ3v) is 9.82. The number of carbonyl (C=O) groups excluding carboxylic acids is 2. The van der Waals surface area contributed by atoms with E-state index in [0.29, 0.717) is 72.4 Å². The lowest BCUT2D eigenvalue weighted by molar-refractivity contribution is 0.0302. The molecule has 0 radical (unpaired) electrons. The first-order chi connectivity index (χ1) is 23.9. The van der Waals surface area contributed by atoms with Gasteiger partial charge in [0.25, 0.3) is 17.4 Å². The van der Waals surface area contributed by atoms with Crippen molar-refractivity contribution in [1.29, 1.82) is 0 Å². The van der Waals surface area contributed by atoms with E-state index in [1.165, 1.54) is 16.5 Å². The summed E-state index contributed by atoms with van der Waals surface area (Å²) in [7, 11) is 1.54. The van der Waals surface area contributed by atoms with Gasteiger partial charge in [0.2, 0.25) is 0 Å². The number of anilines is 3. The summed E-state index contributed by atoms with van der Waals surface area (Å²) in [5, 5.41) is 18.4. The third-order valence-electron chi connectivity index (χ3n) is 9.82. The minimum Gasteiger partial charge on any atom is -0.392 e. The smallest absolute Gasteiger partial charge is 0.290 e. The maximum atomic E-state index is 14.4. The summed E-state index contributed by atoms with van der Waals surface area (Å²) in [5.41, 5.74) is 5.18. The average molecular weight is 676 g/mol. The van der Waals surface area contributed by atoms with Crippen LogP contribution in [0.1, 0.15) is 71.5 Å². The Balaban J connectivity index is 1.22. The highest BCUT2D eigenvalue weighted by molar-refractivity contribution is 6.09. The third kappa shape index (κ3) is 6.20. The van der Waals surface area contributed by atoms with Crippen molar-refractivity contribution in [2.45, 2.75) is 46.1 Å². The largest absolute Gasteiger partial charge is 0.392 e. The van der Waals surface area contributed by atoms with Crippen molar-refractivity contribution < 1.29 is 19.4 Å². The summed E-state index contributed by atoms with van der Waals surface area (Å²) in [5.74, 6) is 0.402. The van der Waals surface area contributed by atoms with E-state index in [9.17, 15) is 19.5 Å². The van der Waals surface area contributed by atoms with Gasteiger partial charge in [0.1, 0.15) is 17.3 Å². The summed E-state index contributed by atoms with van der Waals surface area (Å²) >= 11 is 0. The van der Waals surface area contributed by atoms with Gasteiger partial charge in [0.05, 0.1) is 31.1 Å². The lowest BCUT2D eigenvalue weighted by Gasteiger charge is -2.30. The fourth-order valence-electron chi connectivity index (χ4n) is 6.65. The van der Waals surface area contributed by atoms with Crippen LogP contribution in [0.4, 0.5) is 17.3 Å². The minimum absolute atomic E-state index is 0.0798. The Morgan fingerprint density at radius 2 is 1.82 bits per heavy atom. The second-order valence-electron chi connectivity index (χ2n) is 14.5. The van der Waals surface area contributed by atoms with Crippen LogP contribution in [-0.4, -0.2) is 74.4 Å². The van der Waals surface area contributed by atoms with Crippen LogP contribution in [0.15, 0.2) is 65.2 Å². The number of nitrogens with one attached hydrogen (secondary N) is 1. The fourth-order valence-corrected chi connectivity index (χ4v) is 6.65.